The minimum absolute atomic E-state index is 0.00486. The second-order valence-corrected chi connectivity index (χ2v) is 4.82. The third-order valence-electron chi connectivity index (χ3n) is 3.20. The first-order chi connectivity index (χ1) is 8.16. The largest absolute Gasteiger partial charge is 0.368 e. The second-order valence-electron chi connectivity index (χ2n) is 4.82. The molecule has 0 spiro atoms. The Labute approximate surface area is 101 Å². The van der Waals surface area contributed by atoms with Gasteiger partial charge in [-0.2, -0.15) is 0 Å². The molecule has 4 N–H and O–H groups in total. The smallest absolute Gasteiger partial charge is 0.318 e. The monoisotopic (exact) mass is 240 g/mol. The number of amides is 3. The summed E-state index contributed by atoms with van der Waals surface area (Å²) in [5, 5.41) is 6.15. The van der Waals surface area contributed by atoms with Crippen molar-refractivity contribution in [2.75, 3.05) is 19.6 Å². The summed E-state index contributed by atoms with van der Waals surface area (Å²) >= 11 is 0. The molecule has 0 aromatic rings. The van der Waals surface area contributed by atoms with E-state index in [1.165, 1.54) is 0 Å². The van der Waals surface area contributed by atoms with Gasteiger partial charge in [0.15, 0.2) is 0 Å². The first-order valence-corrected chi connectivity index (χ1v) is 6.23. The first-order valence-electron chi connectivity index (χ1n) is 6.23. The van der Waals surface area contributed by atoms with Gasteiger partial charge in [-0.3, -0.25) is 4.79 Å². The van der Waals surface area contributed by atoms with Gasteiger partial charge in [0.2, 0.25) is 5.91 Å². The lowest BCUT2D eigenvalue weighted by Gasteiger charge is -2.33. The van der Waals surface area contributed by atoms with Crippen molar-refractivity contribution < 1.29 is 9.59 Å². The molecule has 2 rings (SSSR count). The molecule has 1 unspecified atom stereocenters. The van der Waals surface area contributed by atoms with Crippen LogP contribution < -0.4 is 16.4 Å². The number of nitrogens with zero attached hydrogens (tertiary/aromatic N) is 1. The van der Waals surface area contributed by atoms with E-state index in [0.29, 0.717) is 6.04 Å². The van der Waals surface area contributed by atoms with Gasteiger partial charge < -0.3 is 21.3 Å². The third kappa shape index (κ3) is 3.59. The van der Waals surface area contributed by atoms with Crippen molar-refractivity contribution in [3.8, 4) is 0 Å². The highest BCUT2D eigenvalue weighted by Gasteiger charge is 2.30. The molecule has 1 saturated carbocycles. The van der Waals surface area contributed by atoms with Crippen molar-refractivity contribution in [3.05, 3.63) is 0 Å². The quantitative estimate of drug-likeness (QED) is 0.613. The van der Waals surface area contributed by atoms with Gasteiger partial charge in [0.05, 0.1) is 0 Å². The highest BCUT2D eigenvalue weighted by atomic mass is 16.2. The second kappa shape index (κ2) is 5.35. The Hall–Kier alpha value is -1.30. The Morgan fingerprint density at radius 3 is 2.65 bits per heavy atom. The standard InChI is InChI=1S/C11H20N4O2/c12-10(16)7-15(9-2-1-5-13-6-9)11(17)14-8-3-4-8/h8-9,13H,1-7H2,(H2,12,16)(H,14,17). The van der Waals surface area contributed by atoms with Crippen molar-refractivity contribution in [3.63, 3.8) is 0 Å². The summed E-state index contributed by atoms with van der Waals surface area (Å²) in [6.45, 7) is 1.72. The summed E-state index contributed by atoms with van der Waals surface area (Å²) in [4.78, 5) is 24.6. The van der Waals surface area contributed by atoms with Gasteiger partial charge in [-0.1, -0.05) is 0 Å². The zero-order valence-corrected chi connectivity index (χ0v) is 9.95. The first kappa shape index (κ1) is 12.2. The molecule has 3 amide bonds. The number of carbonyl (C=O) groups is 2. The highest BCUT2D eigenvalue weighted by Crippen LogP contribution is 2.20. The molecule has 1 saturated heterocycles. The van der Waals surface area contributed by atoms with E-state index in [4.69, 9.17) is 5.73 Å². The maximum absolute atomic E-state index is 12.0. The van der Waals surface area contributed by atoms with Crippen molar-refractivity contribution in [2.45, 2.75) is 37.8 Å². The molecule has 2 aliphatic rings. The van der Waals surface area contributed by atoms with E-state index in [1.54, 1.807) is 4.90 Å². The molecule has 1 atom stereocenters. The van der Waals surface area contributed by atoms with E-state index >= 15 is 0 Å². The number of nitrogens with one attached hydrogen (secondary N) is 2. The van der Waals surface area contributed by atoms with Crippen LogP contribution in [0.1, 0.15) is 25.7 Å². The fourth-order valence-electron chi connectivity index (χ4n) is 2.12. The minimum Gasteiger partial charge on any atom is -0.368 e. The van der Waals surface area contributed by atoms with Crippen LogP contribution in [0.3, 0.4) is 0 Å². The van der Waals surface area contributed by atoms with E-state index in [1.807, 2.05) is 0 Å². The average molecular weight is 240 g/mol. The van der Waals surface area contributed by atoms with Crippen LogP contribution in [-0.4, -0.2) is 48.6 Å². The third-order valence-corrected chi connectivity index (χ3v) is 3.20. The number of primary amides is 1. The molecule has 1 heterocycles. The Kier molecular flexibility index (Phi) is 3.83. The van der Waals surface area contributed by atoms with Crippen LogP contribution in [0.5, 0.6) is 0 Å². The molecule has 1 aliphatic heterocycles. The molecular weight excluding hydrogens is 220 g/mol. The molecule has 0 bridgehead atoms. The van der Waals surface area contributed by atoms with Crippen LogP contribution in [0, 0.1) is 0 Å². The Balaban J connectivity index is 1.94. The minimum atomic E-state index is -0.457. The fourth-order valence-corrected chi connectivity index (χ4v) is 2.12. The van der Waals surface area contributed by atoms with Gasteiger partial charge in [0.1, 0.15) is 6.54 Å². The molecule has 6 heteroatoms. The van der Waals surface area contributed by atoms with Crippen molar-refractivity contribution >= 4 is 11.9 Å². The molecule has 6 nitrogen and oxygen atoms in total. The number of nitrogens with two attached hydrogens (primary N) is 1. The summed E-state index contributed by atoms with van der Waals surface area (Å²) in [6.07, 6.45) is 4.03. The van der Waals surface area contributed by atoms with E-state index in [2.05, 4.69) is 10.6 Å². The molecule has 0 radical (unpaired) electrons. The number of rotatable bonds is 4. The highest BCUT2D eigenvalue weighted by molar-refractivity contribution is 5.83. The van der Waals surface area contributed by atoms with Gasteiger partial charge in [-0.15, -0.1) is 0 Å². The van der Waals surface area contributed by atoms with Crippen molar-refractivity contribution in [2.24, 2.45) is 5.73 Å². The Bertz CT molecular complexity index is 298. The van der Waals surface area contributed by atoms with Gasteiger partial charge in [-0.25, -0.2) is 4.79 Å². The predicted octanol–water partition coefficient (Wildman–Crippen LogP) is -0.602. The van der Waals surface area contributed by atoms with E-state index in [0.717, 1.165) is 38.8 Å². The van der Waals surface area contributed by atoms with Crippen LogP contribution in [0.2, 0.25) is 0 Å². The number of urea groups is 1. The Morgan fingerprint density at radius 2 is 2.12 bits per heavy atom. The van der Waals surface area contributed by atoms with Crippen LogP contribution in [0.15, 0.2) is 0 Å². The Morgan fingerprint density at radius 1 is 1.35 bits per heavy atom. The molecule has 2 fully saturated rings. The summed E-state index contributed by atoms with van der Waals surface area (Å²) < 4.78 is 0. The fraction of sp³-hybridized carbons (Fsp3) is 0.818. The number of carbonyl (C=O) groups excluding carboxylic acids is 2. The summed E-state index contributed by atoms with van der Waals surface area (Å²) in [5.74, 6) is -0.457. The lowest BCUT2D eigenvalue weighted by Crippen LogP contribution is -2.54. The van der Waals surface area contributed by atoms with Gasteiger partial charge in [0, 0.05) is 18.6 Å². The summed E-state index contributed by atoms with van der Waals surface area (Å²) in [7, 11) is 0. The van der Waals surface area contributed by atoms with Gasteiger partial charge in [-0.05, 0) is 32.2 Å². The lowest BCUT2D eigenvalue weighted by molar-refractivity contribution is -0.119. The topological polar surface area (TPSA) is 87.5 Å². The van der Waals surface area contributed by atoms with Crippen LogP contribution in [0.4, 0.5) is 4.79 Å². The van der Waals surface area contributed by atoms with E-state index in [-0.39, 0.29) is 18.6 Å². The zero-order valence-electron chi connectivity index (χ0n) is 9.95. The van der Waals surface area contributed by atoms with Crippen molar-refractivity contribution in [1.82, 2.24) is 15.5 Å². The number of hydrogen-bond donors (Lipinski definition) is 3. The van der Waals surface area contributed by atoms with Gasteiger partial charge >= 0.3 is 6.03 Å². The van der Waals surface area contributed by atoms with Gasteiger partial charge in [0.25, 0.3) is 0 Å². The summed E-state index contributed by atoms with van der Waals surface area (Å²) in [5.41, 5.74) is 5.20. The van der Waals surface area contributed by atoms with E-state index in [9.17, 15) is 9.59 Å². The number of piperidine rings is 1. The normalized spacial score (nSPS) is 24.1. The average Bonchev–Trinajstić information content (AvgIpc) is 3.10. The number of hydrogen-bond acceptors (Lipinski definition) is 3. The molecule has 0 aromatic carbocycles. The van der Waals surface area contributed by atoms with Crippen LogP contribution >= 0.6 is 0 Å². The van der Waals surface area contributed by atoms with E-state index < -0.39 is 5.91 Å². The van der Waals surface area contributed by atoms with Crippen molar-refractivity contribution in [1.29, 1.82) is 0 Å². The molecule has 96 valence electrons. The SMILES string of the molecule is NC(=O)CN(C(=O)NC1CC1)C1CCCNC1. The molecule has 17 heavy (non-hydrogen) atoms. The zero-order chi connectivity index (χ0) is 12.3. The predicted molar refractivity (Wildman–Crippen MR) is 63.3 cm³/mol. The maximum Gasteiger partial charge on any atom is 0.318 e. The summed E-state index contributed by atoms with van der Waals surface area (Å²) in [6, 6.07) is 0.226. The van der Waals surface area contributed by atoms with Crippen LogP contribution in [-0.2, 0) is 4.79 Å². The van der Waals surface area contributed by atoms with Crippen LogP contribution in [0.25, 0.3) is 0 Å². The molecular formula is C11H20N4O2. The molecule has 0 aromatic heterocycles. The maximum atomic E-state index is 12.0. The molecule has 1 aliphatic carbocycles. The lowest BCUT2D eigenvalue weighted by atomic mass is 10.1.